The van der Waals surface area contributed by atoms with Gasteiger partial charge in [-0.1, -0.05) is 13.0 Å². The molecule has 2 aromatic rings. The lowest BCUT2D eigenvalue weighted by atomic mass is 10.1. The fourth-order valence-corrected chi connectivity index (χ4v) is 2.62. The minimum atomic E-state index is 0.301. The molecule has 1 atom stereocenters. The van der Waals surface area contributed by atoms with Gasteiger partial charge in [-0.3, -0.25) is 0 Å². The van der Waals surface area contributed by atoms with Crippen LogP contribution in [-0.2, 0) is 6.42 Å². The van der Waals surface area contributed by atoms with Gasteiger partial charge in [0.1, 0.15) is 6.33 Å². The Bertz CT molecular complexity index is 473. The first-order valence-electron chi connectivity index (χ1n) is 5.95. The van der Waals surface area contributed by atoms with Gasteiger partial charge in [0.15, 0.2) is 0 Å². The predicted molar refractivity (Wildman–Crippen MR) is 73.0 cm³/mol. The van der Waals surface area contributed by atoms with E-state index >= 15 is 0 Å². The summed E-state index contributed by atoms with van der Waals surface area (Å²) in [5.74, 6) is 0.612. The van der Waals surface area contributed by atoms with Gasteiger partial charge in [-0.25, -0.2) is 9.97 Å². The van der Waals surface area contributed by atoms with Crippen LogP contribution in [0.4, 0.5) is 0 Å². The van der Waals surface area contributed by atoms with Gasteiger partial charge < -0.3 is 10.1 Å². The zero-order chi connectivity index (χ0) is 12.8. The van der Waals surface area contributed by atoms with Crippen LogP contribution in [0.5, 0.6) is 5.88 Å². The highest BCUT2D eigenvalue weighted by atomic mass is 32.1. The molecule has 2 aromatic heterocycles. The molecule has 0 bridgehead atoms. The van der Waals surface area contributed by atoms with Crippen LogP contribution < -0.4 is 10.1 Å². The van der Waals surface area contributed by atoms with E-state index in [0.717, 1.165) is 18.7 Å². The number of likely N-dealkylation sites (N-methyl/N-ethyl adjacent to an activating group) is 1. The Morgan fingerprint density at radius 1 is 1.44 bits per heavy atom. The lowest BCUT2D eigenvalue weighted by molar-refractivity contribution is 0.395. The Morgan fingerprint density at radius 3 is 3.00 bits per heavy atom. The molecule has 1 unspecified atom stereocenters. The van der Waals surface area contributed by atoms with Gasteiger partial charge in [-0.05, 0) is 18.0 Å². The lowest BCUT2D eigenvalue weighted by Crippen LogP contribution is -2.22. The topological polar surface area (TPSA) is 47.0 Å². The number of nitrogens with zero attached hydrogens (tertiary/aromatic N) is 2. The molecule has 18 heavy (non-hydrogen) atoms. The summed E-state index contributed by atoms with van der Waals surface area (Å²) in [4.78, 5) is 9.64. The van der Waals surface area contributed by atoms with Crippen molar-refractivity contribution in [2.24, 2.45) is 0 Å². The molecule has 0 saturated heterocycles. The number of thiophene rings is 1. The van der Waals surface area contributed by atoms with Crippen molar-refractivity contribution in [1.29, 1.82) is 0 Å². The largest absolute Gasteiger partial charge is 0.481 e. The van der Waals surface area contributed by atoms with Crippen molar-refractivity contribution in [3.63, 3.8) is 0 Å². The van der Waals surface area contributed by atoms with Crippen LogP contribution in [0.1, 0.15) is 23.5 Å². The Balaban J connectivity index is 2.13. The van der Waals surface area contributed by atoms with Gasteiger partial charge in [0.25, 0.3) is 0 Å². The summed E-state index contributed by atoms with van der Waals surface area (Å²) in [5.41, 5.74) is 0.987. The molecular weight excluding hydrogens is 246 g/mol. The molecule has 0 amide bonds. The van der Waals surface area contributed by atoms with Gasteiger partial charge in [-0.15, -0.1) is 11.3 Å². The van der Waals surface area contributed by atoms with E-state index in [-0.39, 0.29) is 0 Å². The summed E-state index contributed by atoms with van der Waals surface area (Å²) < 4.78 is 5.12. The van der Waals surface area contributed by atoms with Crippen LogP contribution in [0.3, 0.4) is 0 Å². The molecule has 4 nitrogen and oxygen atoms in total. The Hall–Kier alpha value is -1.46. The quantitative estimate of drug-likeness (QED) is 0.869. The summed E-state index contributed by atoms with van der Waals surface area (Å²) in [7, 11) is 1.62. The van der Waals surface area contributed by atoms with Crippen LogP contribution in [0.2, 0.25) is 0 Å². The maximum absolute atomic E-state index is 5.12. The van der Waals surface area contributed by atoms with E-state index in [9.17, 15) is 0 Å². The van der Waals surface area contributed by atoms with E-state index < -0.39 is 0 Å². The maximum atomic E-state index is 5.12. The van der Waals surface area contributed by atoms with Crippen molar-refractivity contribution in [3.8, 4) is 5.88 Å². The smallest absolute Gasteiger partial charge is 0.216 e. The Labute approximate surface area is 111 Å². The minimum absolute atomic E-state index is 0.301. The Morgan fingerprint density at radius 2 is 2.33 bits per heavy atom. The number of rotatable bonds is 6. The highest BCUT2D eigenvalue weighted by Gasteiger charge is 2.13. The average Bonchev–Trinajstić information content (AvgIpc) is 2.92. The third-order valence-electron chi connectivity index (χ3n) is 2.66. The Kier molecular flexibility index (Phi) is 4.66. The number of nitrogens with one attached hydrogen (secondary N) is 1. The second kappa shape index (κ2) is 6.47. The summed E-state index contributed by atoms with van der Waals surface area (Å²) in [6.07, 6.45) is 2.39. The van der Waals surface area contributed by atoms with Crippen LogP contribution in [-0.4, -0.2) is 23.6 Å². The predicted octanol–water partition coefficient (Wildman–Crippen LogP) is 2.44. The molecule has 96 valence electrons. The zero-order valence-corrected chi connectivity index (χ0v) is 11.4. The van der Waals surface area contributed by atoms with Crippen LogP contribution >= 0.6 is 11.3 Å². The summed E-state index contributed by atoms with van der Waals surface area (Å²) >= 11 is 1.76. The third-order valence-corrected chi connectivity index (χ3v) is 3.64. The SMILES string of the molecule is CCNC(Cc1cc(OC)ncn1)c1cccs1. The first-order valence-corrected chi connectivity index (χ1v) is 6.83. The molecule has 0 spiro atoms. The van der Waals surface area contributed by atoms with Crippen molar-refractivity contribution in [3.05, 3.63) is 40.5 Å². The van der Waals surface area contributed by atoms with E-state index in [4.69, 9.17) is 4.74 Å². The summed E-state index contributed by atoms with van der Waals surface area (Å²) in [5, 5.41) is 5.58. The fourth-order valence-electron chi connectivity index (χ4n) is 1.82. The molecule has 0 saturated carbocycles. The molecular formula is C13H17N3OS. The standard InChI is InChI=1S/C13H17N3OS/c1-3-14-11(12-5-4-6-18-12)7-10-8-13(17-2)16-9-15-10/h4-6,8-9,11,14H,3,7H2,1-2H3. The molecule has 2 rings (SSSR count). The minimum Gasteiger partial charge on any atom is -0.481 e. The van der Waals surface area contributed by atoms with Gasteiger partial charge in [0.05, 0.1) is 7.11 Å². The first kappa shape index (κ1) is 13.0. The van der Waals surface area contributed by atoms with E-state index in [2.05, 4.69) is 39.7 Å². The van der Waals surface area contributed by atoms with Crippen LogP contribution in [0.15, 0.2) is 29.9 Å². The molecule has 0 aliphatic rings. The summed E-state index contributed by atoms with van der Waals surface area (Å²) in [6, 6.07) is 6.41. The first-order chi connectivity index (χ1) is 8.83. The second-order valence-electron chi connectivity index (χ2n) is 3.88. The second-order valence-corrected chi connectivity index (χ2v) is 4.86. The van der Waals surface area contributed by atoms with Gasteiger partial charge in [0.2, 0.25) is 5.88 Å². The maximum Gasteiger partial charge on any atom is 0.216 e. The summed E-state index contributed by atoms with van der Waals surface area (Å²) in [6.45, 7) is 3.05. The van der Waals surface area contributed by atoms with Crippen molar-refractivity contribution in [2.75, 3.05) is 13.7 Å². The molecule has 2 heterocycles. The van der Waals surface area contributed by atoms with Crippen LogP contribution in [0, 0.1) is 0 Å². The molecule has 0 fully saturated rings. The van der Waals surface area contributed by atoms with Crippen molar-refractivity contribution in [1.82, 2.24) is 15.3 Å². The van der Waals surface area contributed by atoms with Crippen LogP contribution in [0.25, 0.3) is 0 Å². The third kappa shape index (κ3) is 3.27. The van der Waals surface area contributed by atoms with E-state index in [1.165, 1.54) is 4.88 Å². The lowest BCUT2D eigenvalue weighted by Gasteiger charge is -2.16. The highest BCUT2D eigenvalue weighted by molar-refractivity contribution is 7.10. The van der Waals surface area contributed by atoms with Crippen molar-refractivity contribution in [2.45, 2.75) is 19.4 Å². The van der Waals surface area contributed by atoms with E-state index in [1.54, 1.807) is 24.8 Å². The molecule has 0 aromatic carbocycles. The number of methoxy groups -OCH3 is 1. The van der Waals surface area contributed by atoms with E-state index in [1.807, 2.05) is 6.07 Å². The van der Waals surface area contributed by atoms with Gasteiger partial charge in [0, 0.05) is 29.1 Å². The van der Waals surface area contributed by atoms with Gasteiger partial charge >= 0.3 is 0 Å². The molecule has 5 heteroatoms. The number of hydrogen-bond acceptors (Lipinski definition) is 5. The van der Waals surface area contributed by atoms with Gasteiger partial charge in [-0.2, -0.15) is 0 Å². The average molecular weight is 263 g/mol. The van der Waals surface area contributed by atoms with E-state index in [0.29, 0.717) is 11.9 Å². The number of aromatic nitrogens is 2. The molecule has 0 aliphatic heterocycles. The number of hydrogen-bond donors (Lipinski definition) is 1. The normalized spacial score (nSPS) is 12.3. The highest BCUT2D eigenvalue weighted by Crippen LogP contribution is 2.22. The monoisotopic (exact) mass is 263 g/mol. The fraction of sp³-hybridized carbons (Fsp3) is 0.385. The molecule has 0 radical (unpaired) electrons. The molecule has 0 aliphatic carbocycles. The zero-order valence-electron chi connectivity index (χ0n) is 10.6. The molecule has 1 N–H and O–H groups in total. The van der Waals surface area contributed by atoms with Crippen molar-refractivity contribution >= 4 is 11.3 Å². The number of ether oxygens (including phenoxy) is 1. The van der Waals surface area contributed by atoms with Crippen molar-refractivity contribution < 1.29 is 4.74 Å².